The summed E-state index contributed by atoms with van der Waals surface area (Å²) in [7, 11) is 0. The van der Waals surface area contributed by atoms with Gasteiger partial charge in [-0.1, -0.05) is 27.7 Å². The zero-order valence-electron chi connectivity index (χ0n) is 32.9. The number of aliphatic carboxylic acids is 2. The molecule has 0 bridgehead atoms. The summed E-state index contributed by atoms with van der Waals surface area (Å²) in [5.41, 5.74) is 21.3. The molecule has 0 aromatic heterocycles. The molecule has 17 N–H and O–H groups in total. The van der Waals surface area contributed by atoms with Gasteiger partial charge in [0.1, 0.15) is 42.8 Å². The van der Waals surface area contributed by atoms with E-state index in [1.165, 1.54) is 0 Å². The Hall–Kier alpha value is -5.72. The lowest BCUT2D eigenvalue weighted by Gasteiger charge is -2.28. The van der Waals surface area contributed by atoms with Gasteiger partial charge in [0.2, 0.25) is 47.3 Å². The molecule has 0 fully saturated rings. The second-order valence-corrected chi connectivity index (χ2v) is 14.1. The van der Waals surface area contributed by atoms with Crippen LogP contribution in [0.5, 0.6) is 0 Å². The van der Waals surface area contributed by atoms with Crippen molar-refractivity contribution in [3.8, 4) is 0 Å². The number of aliphatic imine (C=N–C) groups is 1. The molecule has 0 spiro atoms. The van der Waals surface area contributed by atoms with Gasteiger partial charge >= 0.3 is 11.9 Å². The number of carbonyl (C=O) groups is 10. The molecule has 0 saturated carbocycles. The highest BCUT2D eigenvalue weighted by Gasteiger charge is 2.34. The van der Waals surface area contributed by atoms with E-state index in [2.05, 4.69) is 49.5 Å². The Morgan fingerprint density at radius 3 is 1.64 bits per heavy atom. The molecule has 0 saturated heterocycles. The zero-order valence-corrected chi connectivity index (χ0v) is 33.8. The summed E-state index contributed by atoms with van der Waals surface area (Å²) in [6.45, 7) is 5.49. The number of carboxylic acid groups (broad SMARTS) is 2. The van der Waals surface area contributed by atoms with Gasteiger partial charge in [-0.05, 0) is 37.5 Å². The van der Waals surface area contributed by atoms with E-state index in [1.54, 1.807) is 27.7 Å². The minimum Gasteiger partial charge on any atom is -0.481 e. The molecule has 6 atom stereocenters. The Balaban J connectivity index is 6.14. The van der Waals surface area contributed by atoms with E-state index in [-0.39, 0.29) is 43.4 Å². The van der Waals surface area contributed by atoms with Crippen LogP contribution in [0.15, 0.2) is 4.99 Å². The van der Waals surface area contributed by atoms with Crippen LogP contribution >= 0.6 is 12.6 Å². The zero-order chi connectivity index (χ0) is 44.7. The number of nitrogens with one attached hydrogen (secondary N) is 7. The molecule has 8 amide bonds. The predicted molar refractivity (Wildman–Crippen MR) is 210 cm³/mol. The van der Waals surface area contributed by atoms with E-state index < -0.39 is 134 Å². The number of guanidine groups is 1. The van der Waals surface area contributed by atoms with Crippen LogP contribution in [0.2, 0.25) is 0 Å². The van der Waals surface area contributed by atoms with Crippen molar-refractivity contribution in [1.29, 1.82) is 0 Å². The van der Waals surface area contributed by atoms with Crippen LogP contribution in [0.3, 0.4) is 0 Å². The molecule has 0 radical (unpaired) electrons. The number of rotatable bonds is 28. The van der Waals surface area contributed by atoms with Crippen molar-refractivity contribution in [3.63, 3.8) is 0 Å². The van der Waals surface area contributed by atoms with E-state index >= 15 is 0 Å². The summed E-state index contributed by atoms with van der Waals surface area (Å²) >= 11 is 4.18. The normalized spacial score (nSPS) is 13.9. The molecule has 328 valence electrons. The number of carboxylic acids is 2. The van der Waals surface area contributed by atoms with Crippen LogP contribution in [0.1, 0.15) is 66.2 Å². The molecule has 0 rings (SSSR count). The molecule has 0 heterocycles. The van der Waals surface area contributed by atoms with Crippen molar-refractivity contribution in [2.75, 3.05) is 25.4 Å². The first kappa shape index (κ1) is 52.3. The van der Waals surface area contributed by atoms with Gasteiger partial charge in [0.25, 0.3) is 0 Å². The van der Waals surface area contributed by atoms with Gasteiger partial charge in [-0.3, -0.25) is 52.9 Å². The van der Waals surface area contributed by atoms with E-state index in [4.69, 9.17) is 28.0 Å². The van der Waals surface area contributed by atoms with Crippen molar-refractivity contribution in [1.82, 2.24) is 37.2 Å². The van der Waals surface area contributed by atoms with Gasteiger partial charge in [-0.15, -0.1) is 0 Å². The fraction of sp³-hybridized carbons (Fsp3) is 0.667. The third-order valence-corrected chi connectivity index (χ3v) is 8.29. The number of thiol groups is 1. The van der Waals surface area contributed by atoms with E-state index in [1.807, 2.05) is 5.32 Å². The number of hydrogen-bond donors (Lipinski definition) is 14. The monoisotopic (exact) mass is 846 g/mol. The largest absolute Gasteiger partial charge is 0.481 e. The molecule has 0 aliphatic rings. The lowest BCUT2D eigenvalue weighted by molar-refractivity contribution is -0.142. The number of primary amides is 1. The molecule has 0 aromatic rings. The molecular weight excluding hydrogens is 789 g/mol. The summed E-state index contributed by atoms with van der Waals surface area (Å²) in [4.78, 5) is 129. The van der Waals surface area contributed by atoms with Crippen molar-refractivity contribution in [2.24, 2.45) is 39.8 Å². The van der Waals surface area contributed by atoms with Crippen LogP contribution in [-0.4, -0.2) is 137 Å². The van der Waals surface area contributed by atoms with Crippen LogP contribution < -0.4 is 60.2 Å². The van der Waals surface area contributed by atoms with Gasteiger partial charge in [0, 0.05) is 18.7 Å². The number of amides is 8. The fourth-order valence-electron chi connectivity index (χ4n) is 5.02. The average Bonchev–Trinajstić information content (AvgIpc) is 3.12. The molecule has 24 nitrogen and oxygen atoms in total. The summed E-state index contributed by atoms with van der Waals surface area (Å²) < 4.78 is 0. The average molecular weight is 847 g/mol. The summed E-state index contributed by atoms with van der Waals surface area (Å²) in [6, 6.07) is -8.48. The van der Waals surface area contributed by atoms with Gasteiger partial charge in [-0.25, -0.2) is 0 Å². The number of nitrogens with zero attached hydrogens (tertiary/aromatic N) is 1. The maximum Gasteiger partial charge on any atom is 0.322 e. The molecule has 58 heavy (non-hydrogen) atoms. The minimum absolute atomic E-state index is 0.0841. The molecule has 25 heteroatoms. The summed E-state index contributed by atoms with van der Waals surface area (Å²) in [5, 5.41) is 34.6. The first-order chi connectivity index (χ1) is 27.0. The molecule has 0 unspecified atom stereocenters. The fourth-order valence-corrected chi connectivity index (χ4v) is 5.27. The Morgan fingerprint density at radius 2 is 1.16 bits per heavy atom. The van der Waals surface area contributed by atoms with E-state index in [0.717, 1.165) is 0 Å². The second kappa shape index (κ2) is 27.0. The van der Waals surface area contributed by atoms with Crippen LogP contribution in [-0.2, 0) is 47.9 Å². The summed E-state index contributed by atoms with van der Waals surface area (Å²) in [5.74, 6) is -11.4. The summed E-state index contributed by atoms with van der Waals surface area (Å²) in [6.07, 6.45) is -1.38. The third kappa shape index (κ3) is 21.5. The third-order valence-electron chi connectivity index (χ3n) is 7.92. The Bertz CT molecular complexity index is 1510. The predicted octanol–water partition coefficient (Wildman–Crippen LogP) is -5.52. The Morgan fingerprint density at radius 1 is 0.638 bits per heavy atom. The number of nitrogens with two attached hydrogens (primary N) is 4. The highest BCUT2D eigenvalue weighted by Crippen LogP contribution is 2.10. The van der Waals surface area contributed by atoms with E-state index in [0.29, 0.717) is 0 Å². The smallest absolute Gasteiger partial charge is 0.322 e. The Kier molecular flexibility index (Phi) is 24.3. The Labute approximate surface area is 340 Å². The lowest BCUT2D eigenvalue weighted by Crippen LogP contribution is -2.61. The standard InChI is InChI=1S/C33H58N12O12S/c1-15(2)10-19(42-28(53)17(40-23(47)12-34)6-5-9-38-33(36)37)30(55)44-21(14-58)31(56)45-26(16(3)4)32(57)41-18(7-8-22(35)46)29(54)43-20(11-24(48)49)27(52)39-13-25(50)51/h15-21,26,58H,5-14,34H2,1-4H3,(H2,35,46)(H,39,52)(H,40,47)(H,41,57)(H,42,53)(H,43,54)(H,44,55)(H,45,56)(H,48,49)(H,50,51)(H4,36,37,38)/t17-,18-,19-,20-,21-,26-/m0/s1. The first-order valence-electron chi connectivity index (χ1n) is 18.2. The first-order valence-corrected chi connectivity index (χ1v) is 18.8. The van der Waals surface area contributed by atoms with Crippen molar-refractivity contribution in [3.05, 3.63) is 0 Å². The number of hydrogen-bond acceptors (Lipinski definition) is 13. The van der Waals surface area contributed by atoms with Crippen LogP contribution in [0.25, 0.3) is 0 Å². The topological polar surface area (TPSA) is 412 Å². The van der Waals surface area contributed by atoms with Crippen molar-refractivity contribution in [2.45, 2.75) is 102 Å². The van der Waals surface area contributed by atoms with Crippen LogP contribution in [0.4, 0.5) is 0 Å². The lowest BCUT2D eigenvalue weighted by atomic mass is 10.0. The minimum atomic E-state index is -1.78. The van der Waals surface area contributed by atoms with Gasteiger partial charge in [0.15, 0.2) is 5.96 Å². The van der Waals surface area contributed by atoms with Gasteiger partial charge in [0.05, 0.1) is 13.0 Å². The van der Waals surface area contributed by atoms with Gasteiger partial charge in [-0.2, -0.15) is 12.6 Å². The molecular formula is C33H58N12O12S. The highest BCUT2D eigenvalue weighted by atomic mass is 32.1. The molecule has 0 aliphatic carbocycles. The quantitative estimate of drug-likeness (QED) is 0.0151. The van der Waals surface area contributed by atoms with Gasteiger partial charge < -0.3 is 70.4 Å². The van der Waals surface area contributed by atoms with E-state index in [9.17, 15) is 53.1 Å². The molecule has 0 aromatic carbocycles. The second-order valence-electron chi connectivity index (χ2n) is 13.8. The highest BCUT2D eigenvalue weighted by molar-refractivity contribution is 7.80. The maximum absolute atomic E-state index is 13.6. The van der Waals surface area contributed by atoms with Crippen molar-refractivity contribution < 1.29 is 58.2 Å². The molecule has 0 aliphatic heterocycles. The number of carbonyl (C=O) groups excluding carboxylic acids is 8. The van der Waals surface area contributed by atoms with Crippen molar-refractivity contribution >= 4 is 77.8 Å². The maximum atomic E-state index is 13.6. The SMILES string of the molecule is CC(C)C[C@H](NC(=O)[C@H](CCCN=C(N)N)NC(=O)CN)C(=O)N[C@@H](CS)C(=O)N[C@H](C(=O)N[C@@H](CCC(N)=O)C(=O)N[C@@H](CC(=O)O)C(=O)NCC(=O)O)C(C)C. The van der Waals surface area contributed by atoms with Crippen LogP contribution in [0, 0.1) is 11.8 Å².